The van der Waals surface area contributed by atoms with E-state index in [0.29, 0.717) is 0 Å². The summed E-state index contributed by atoms with van der Waals surface area (Å²) >= 11 is 5.07. The number of rotatable bonds is 4. The van der Waals surface area contributed by atoms with E-state index in [4.69, 9.17) is 0 Å². The van der Waals surface area contributed by atoms with E-state index in [0.717, 1.165) is 21.5 Å². The number of hydrogen-bond acceptors (Lipinski definition) is 3. The number of halogens is 2. The minimum Gasteiger partial charge on any atom is -0.306 e. The predicted molar refractivity (Wildman–Crippen MR) is 71.7 cm³/mol. The maximum Gasteiger partial charge on any atom is 0.141 e. The molecule has 90 valence electrons. The lowest BCUT2D eigenvalue weighted by Crippen LogP contribution is -2.21. The van der Waals surface area contributed by atoms with Gasteiger partial charge in [-0.2, -0.15) is 0 Å². The van der Waals surface area contributed by atoms with E-state index in [2.05, 4.69) is 26.2 Å². The van der Waals surface area contributed by atoms with E-state index in [9.17, 15) is 4.39 Å². The van der Waals surface area contributed by atoms with Crippen LogP contribution >= 0.6 is 27.3 Å². The second kappa shape index (κ2) is 5.71. The summed E-state index contributed by atoms with van der Waals surface area (Å²) in [5, 5.41) is 5.36. The van der Waals surface area contributed by atoms with Crippen LogP contribution in [0.4, 0.5) is 4.39 Å². The highest BCUT2D eigenvalue weighted by Crippen LogP contribution is 2.29. The van der Waals surface area contributed by atoms with Crippen molar-refractivity contribution in [1.82, 2.24) is 10.3 Å². The van der Waals surface area contributed by atoms with Crippen LogP contribution in [0.5, 0.6) is 0 Å². The molecule has 0 amide bonds. The fourth-order valence-corrected chi connectivity index (χ4v) is 3.20. The van der Waals surface area contributed by atoms with Crippen molar-refractivity contribution in [2.75, 3.05) is 6.54 Å². The first kappa shape index (κ1) is 12.7. The Bertz CT molecular complexity index is 501. The first-order chi connectivity index (χ1) is 8.20. The number of nitrogens with one attached hydrogen (secondary N) is 1. The Kier molecular flexibility index (Phi) is 4.25. The van der Waals surface area contributed by atoms with Crippen LogP contribution in [-0.2, 0) is 0 Å². The molecule has 2 heterocycles. The van der Waals surface area contributed by atoms with Crippen LogP contribution in [0.3, 0.4) is 0 Å². The lowest BCUT2D eigenvalue weighted by molar-refractivity contribution is 0.599. The smallest absolute Gasteiger partial charge is 0.141 e. The van der Waals surface area contributed by atoms with Gasteiger partial charge >= 0.3 is 0 Å². The Morgan fingerprint density at radius 1 is 1.47 bits per heavy atom. The van der Waals surface area contributed by atoms with Crippen molar-refractivity contribution in [2.24, 2.45) is 0 Å². The molecule has 2 aromatic rings. The van der Waals surface area contributed by atoms with Crippen LogP contribution in [-0.4, -0.2) is 11.5 Å². The number of pyridine rings is 1. The standard InChI is InChI=1S/C12H12BrFN2S/c1-2-16-12(11-4-9(13)7-17-11)8-3-10(14)6-15-5-8/h3-7,12,16H,2H2,1H3. The van der Waals surface area contributed by atoms with Crippen LogP contribution in [0.25, 0.3) is 0 Å². The monoisotopic (exact) mass is 314 g/mol. The molecule has 2 aromatic heterocycles. The second-order valence-electron chi connectivity index (χ2n) is 3.59. The van der Waals surface area contributed by atoms with Gasteiger partial charge in [-0.25, -0.2) is 4.39 Å². The molecule has 0 radical (unpaired) electrons. The summed E-state index contributed by atoms with van der Waals surface area (Å²) in [6.45, 7) is 2.85. The zero-order chi connectivity index (χ0) is 12.3. The Balaban J connectivity index is 2.35. The summed E-state index contributed by atoms with van der Waals surface area (Å²) in [6, 6.07) is 3.57. The molecule has 0 saturated carbocycles. The first-order valence-electron chi connectivity index (χ1n) is 5.28. The molecule has 0 saturated heterocycles. The summed E-state index contributed by atoms with van der Waals surface area (Å²) in [5.74, 6) is -0.305. The van der Waals surface area contributed by atoms with Crippen LogP contribution in [0, 0.1) is 5.82 Å². The van der Waals surface area contributed by atoms with Gasteiger partial charge in [0.1, 0.15) is 5.82 Å². The summed E-state index contributed by atoms with van der Waals surface area (Å²) in [6.07, 6.45) is 2.92. The normalized spacial score (nSPS) is 12.6. The molecule has 0 aliphatic heterocycles. The summed E-state index contributed by atoms with van der Waals surface area (Å²) in [4.78, 5) is 5.04. The molecule has 2 nitrogen and oxygen atoms in total. The summed E-state index contributed by atoms with van der Waals surface area (Å²) in [7, 11) is 0. The van der Waals surface area contributed by atoms with Crippen molar-refractivity contribution in [3.63, 3.8) is 0 Å². The Morgan fingerprint density at radius 3 is 2.88 bits per heavy atom. The lowest BCUT2D eigenvalue weighted by atomic mass is 10.1. The van der Waals surface area contributed by atoms with Crippen molar-refractivity contribution in [1.29, 1.82) is 0 Å². The Labute approximate surface area is 112 Å². The number of hydrogen-bond donors (Lipinski definition) is 1. The molecule has 2 rings (SSSR count). The lowest BCUT2D eigenvalue weighted by Gasteiger charge is -2.16. The van der Waals surface area contributed by atoms with Crippen LogP contribution in [0.15, 0.2) is 34.4 Å². The van der Waals surface area contributed by atoms with Gasteiger partial charge in [-0.05, 0) is 40.2 Å². The third-order valence-electron chi connectivity index (χ3n) is 2.34. The molecule has 17 heavy (non-hydrogen) atoms. The van der Waals surface area contributed by atoms with E-state index in [1.807, 2.05) is 18.4 Å². The first-order valence-corrected chi connectivity index (χ1v) is 6.95. The van der Waals surface area contributed by atoms with E-state index < -0.39 is 0 Å². The van der Waals surface area contributed by atoms with Gasteiger partial charge < -0.3 is 5.32 Å². The molecule has 0 spiro atoms. The largest absolute Gasteiger partial charge is 0.306 e. The maximum atomic E-state index is 13.2. The summed E-state index contributed by atoms with van der Waals surface area (Å²) in [5.41, 5.74) is 0.848. The molecule has 1 N–H and O–H groups in total. The van der Waals surface area contributed by atoms with Gasteiger partial charge in [-0.1, -0.05) is 6.92 Å². The molecule has 1 atom stereocenters. The van der Waals surface area contributed by atoms with Gasteiger partial charge in [0, 0.05) is 20.9 Å². The van der Waals surface area contributed by atoms with Gasteiger partial charge in [-0.15, -0.1) is 11.3 Å². The van der Waals surface area contributed by atoms with E-state index in [1.165, 1.54) is 12.3 Å². The highest BCUT2D eigenvalue weighted by atomic mass is 79.9. The quantitative estimate of drug-likeness (QED) is 0.929. The maximum absolute atomic E-state index is 13.2. The number of thiophene rings is 1. The zero-order valence-electron chi connectivity index (χ0n) is 9.28. The van der Waals surface area contributed by atoms with Crippen molar-refractivity contribution in [3.05, 3.63) is 50.6 Å². The molecular weight excluding hydrogens is 303 g/mol. The second-order valence-corrected chi connectivity index (χ2v) is 5.45. The van der Waals surface area contributed by atoms with Crippen LogP contribution in [0.1, 0.15) is 23.4 Å². The van der Waals surface area contributed by atoms with Gasteiger partial charge in [0.05, 0.1) is 12.2 Å². The third-order valence-corrected chi connectivity index (χ3v) is 4.10. The van der Waals surface area contributed by atoms with Gasteiger partial charge in [0.15, 0.2) is 0 Å². The fourth-order valence-electron chi connectivity index (χ4n) is 1.65. The third kappa shape index (κ3) is 3.12. The highest BCUT2D eigenvalue weighted by molar-refractivity contribution is 9.10. The average Bonchev–Trinajstić information content (AvgIpc) is 2.72. The molecule has 5 heteroatoms. The minimum absolute atomic E-state index is 0.000463. The van der Waals surface area contributed by atoms with E-state index in [-0.39, 0.29) is 11.9 Å². The summed E-state index contributed by atoms with van der Waals surface area (Å²) < 4.78 is 14.2. The average molecular weight is 315 g/mol. The van der Waals surface area contributed by atoms with Crippen molar-refractivity contribution < 1.29 is 4.39 Å². The minimum atomic E-state index is -0.305. The van der Waals surface area contributed by atoms with Crippen LogP contribution in [0.2, 0.25) is 0 Å². The number of aromatic nitrogens is 1. The van der Waals surface area contributed by atoms with E-state index >= 15 is 0 Å². The van der Waals surface area contributed by atoms with Gasteiger partial charge in [0.2, 0.25) is 0 Å². The molecule has 1 unspecified atom stereocenters. The van der Waals surface area contributed by atoms with E-state index in [1.54, 1.807) is 17.5 Å². The molecular formula is C12H12BrFN2S. The van der Waals surface area contributed by atoms with Gasteiger partial charge in [0.25, 0.3) is 0 Å². The highest BCUT2D eigenvalue weighted by Gasteiger charge is 2.15. The predicted octanol–water partition coefficient (Wildman–Crippen LogP) is 3.74. The zero-order valence-corrected chi connectivity index (χ0v) is 11.7. The van der Waals surface area contributed by atoms with Gasteiger partial charge in [-0.3, -0.25) is 4.98 Å². The Hall–Kier alpha value is -0.780. The fraction of sp³-hybridized carbons (Fsp3) is 0.250. The van der Waals surface area contributed by atoms with Crippen molar-refractivity contribution >= 4 is 27.3 Å². The SMILES string of the molecule is CCNC(c1cncc(F)c1)c1cc(Br)cs1. The van der Waals surface area contributed by atoms with Crippen LogP contribution < -0.4 is 5.32 Å². The molecule has 0 aromatic carbocycles. The molecule has 0 fully saturated rings. The molecule has 0 bridgehead atoms. The Morgan fingerprint density at radius 2 is 2.29 bits per heavy atom. The molecule has 0 aliphatic carbocycles. The topological polar surface area (TPSA) is 24.9 Å². The molecule has 0 aliphatic rings. The van der Waals surface area contributed by atoms with Crippen molar-refractivity contribution in [3.8, 4) is 0 Å². The van der Waals surface area contributed by atoms with Crippen molar-refractivity contribution in [2.45, 2.75) is 13.0 Å². The number of nitrogens with zero attached hydrogens (tertiary/aromatic N) is 1.